The third kappa shape index (κ3) is 5.87. The first-order chi connectivity index (χ1) is 19.0. The minimum atomic E-state index is -0.602. The van der Waals surface area contributed by atoms with E-state index in [9.17, 15) is 13.6 Å². The van der Waals surface area contributed by atoms with E-state index >= 15 is 0 Å². The lowest BCUT2D eigenvalue weighted by Crippen LogP contribution is -2.42. The van der Waals surface area contributed by atoms with Crippen molar-refractivity contribution in [3.63, 3.8) is 0 Å². The summed E-state index contributed by atoms with van der Waals surface area (Å²) in [5.74, 6) is -1.12. The van der Waals surface area contributed by atoms with Crippen molar-refractivity contribution in [3.05, 3.63) is 71.3 Å². The SMILES string of the molecule is CC.O=C1Nc2c(NC3CCCN(CC4=CCCC=C4)C3)cc(NSc3ccc(F)cc3F)cc2C12CCC2. The smallest absolute Gasteiger partial charge is 0.235 e. The van der Waals surface area contributed by atoms with Crippen LogP contribution in [-0.4, -0.2) is 36.5 Å². The first-order valence-electron chi connectivity index (χ1n) is 14.2. The molecular weight excluding hydrogens is 514 g/mol. The monoisotopic (exact) mass is 552 g/mol. The van der Waals surface area contributed by atoms with E-state index in [2.05, 4.69) is 38.5 Å². The van der Waals surface area contributed by atoms with E-state index in [0.29, 0.717) is 4.90 Å². The van der Waals surface area contributed by atoms with Gasteiger partial charge in [0.15, 0.2) is 0 Å². The van der Waals surface area contributed by atoms with E-state index in [1.54, 1.807) is 0 Å². The second-order valence-corrected chi connectivity index (χ2v) is 11.4. The summed E-state index contributed by atoms with van der Waals surface area (Å²) < 4.78 is 30.8. The molecule has 2 aromatic carbocycles. The summed E-state index contributed by atoms with van der Waals surface area (Å²) in [6.45, 7) is 6.99. The van der Waals surface area contributed by atoms with Gasteiger partial charge in [-0.15, -0.1) is 0 Å². The fourth-order valence-corrected chi connectivity index (χ4v) is 6.60. The molecule has 1 atom stereocenters. The van der Waals surface area contributed by atoms with Crippen LogP contribution in [0.25, 0.3) is 0 Å². The number of allylic oxidation sites excluding steroid dienone is 2. The molecule has 3 N–H and O–H groups in total. The Bertz CT molecular complexity index is 1270. The molecule has 0 bridgehead atoms. The van der Waals surface area contributed by atoms with E-state index in [0.717, 1.165) is 105 Å². The largest absolute Gasteiger partial charge is 0.379 e. The first-order valence-corrected chi connectivity index (χ1v) is 15.0. The van der Waals surface area contributed by atoms with Crippen LogP contribution in [0.1, 0.15) is 64.4 Å². The number of amides is 1. The molecule has 0 aromatic heterocycles. The molecule has 2 aliphatic carbocycles. The van der Waals surface area contributed by atoms with E-state index in [1.807, 2.05) is 26.0 Å². The van der Waals surface area contributed by atoms with Crippen molar-refractivity contribution in [1.29, 1.82) is 0 Å². The number of likely N-dealkylation sites (tertiary alicyclic amines) is 1. The summed E-state index contributed by atoms with van der Waals surface area (Å²) >= 11 is 1.11. The molecular formula is C31H38F2N4OS. The van der Waals surface area contributed by atoms with Crippen LogP contribution in [0.4, 0.5) is 25.8 Å². The standard InChI is InChI=1S/C29H32F2N4OS.C2H6/c30-20-9-10-26(24(31)14-20)37-34-22-15-23-27(33-28(36)29(23)11-5-12-29)25(16-22)32-21-8-4-13-35(18-21)17-19-6-2-1-3-7-19;1-2/h2,6-7,9-10,14-16,21,32,34H,1,3-5,8,11-13,17-18H2,(H,33,36);1-2H3. The van der Waals surface area contributed by atoms with E-state index < -0.39 is 17.0 Å². The minimum absolute atomic E-state index is 0.0764. The van der Waals surface area contributed by atoms with Gasteiger partial charge < -0.3 is 15.4 Å². The summed E-state index contributed by atoms with van der Waals surface area (Å²) in [6, 6.07) is 7.85. The van der Waals surface area contributed by atoms with Crippen molar-refractivity contribution in [1.82, 2.24) is 4.90 Å². The van der Waals surface area contributed by atoms with Crippen LogP contribution in [0.2, 0.25) is 0 Å². The quantitative estimate of drug-likeness (QED) is 0.308. The molecule has 4 aliphatic rings. The molecule has 1 amide bonds. The lowest BCUT2D eigenvalue weighted by Gasteiger charge is -2.36. The minimum Gasteiger partial charge on any atom is -0.379 e. The molecule has 8 heteroatoms. The van der Waals surface area contributed by atoms with Gasteiger partial charge in [0.25, 0.3) is 0 Å². The van der Waals surface area contributed by atoms with Crippen molar-refractivity contribution in [2.24, 2.45) is 0 Å². The molecule has 2 fully saturated rings. The summed E-state index contributed by atoms with van der Waals surface area (Å²) in [5.41, 5.74) is 4.52. The van der Waals surface area contributed by atoms with E-state index in [4.69, 9.17) is 0 Å². The number of benzene rings is 2. The zero-order valence-electron chi connectivity index (χ0n) is 22.8. The lowest BCUT2D eigenvalue weighted by molar-refractivity contribution is -0.123. The van der Waals surface area contributed by atoms with Gasteiger partial charge in [0.1, 0.15) is 11.6 Å². The fourth-order valence-electron chi connectivity index (χ4n) is 5.96. The number of nitrogens with one attached hydrogen (secondary N) is 3. The number of piperidine rings is 1. The molecule has 0 radical (unpaired) electrons. The van der Waals surface area contributed by atoms with Crippen molar-refractivity contribution in [3.8, 4) is 0 Å². The van der Waals surface area contributed by atoms with Gasteiger partial charge >= 0.3 is 0 Å². The molecule has 2 heterocycles. The number of nitrogens with zero attached hydrogens (tertiary/aromatic N) is 1. The highest BCUT2D eigenvalue weighted by atomic mass is 32.2. The first kappa shape index (κ1) is 27.7. The van der Waals surface area contributed by atoms with E-state index in [1.165, 1.54) is 17.7 Å². The molecule has 1 unspecified atom stereocenters. The van der Waals surface area contributed by atoms with Crippen LogP contribution in [-0.2, 0) is 10.2 Å². The van der Waals surface area contributed by atoms with Crippen LogP contribution in [0.15, 0.2) is 59.0 Å². The highest BCUT2D eigenvalue weighted by Gasteiger charge is 2.52. The van der Waals surface area contributed by atoms with Gasteiger partial charge in [-0.1, -0.05) is 38.5 Å². The van der Waals surface area contributed by atoms with E-state index in [-0.39, 0.29) is 11.9 Å². The van der Waals surface area contributed by atoms with Crippen molar-refractivity contribution in [2.45, 2.75) is 75.1 Å². The fraction of sp³-hybridized carbons (Fsp3) is 0.452. The van der Waals surface area contributed by atoms with Crippen molar-refractivity contribution < 1.29 is 13.6 Å². The Morgan fingerprint density at radius 3 is 2.69 bits per heavy atom. The zero-order chi connectivity index (χ0) is 27.4. The van der Waals surface area contributed by atoms with Crippen LogP contribution in [0.3, 0.4) is 0 Å². The predicted octanol–water partition coefficient (Wildman–Crippen LogP) is 7.64. The maximum Gasteiger partial charge on any atom is 0.235 e. The molecule has 1 saturated heterocycles. The van der Waals surface area contributed by atoms with Gasteiger partial charge in [-0.25, -0.2) is 8.78 Å². The number of hydrogen-bond donors (Lipinski definition) is 3. The number of carbonyl (C=O) groups is 1. The molecule has 1 saturated carbocycles. The summed E-state index contributed by atoms with van der Waals surface area (Å²) in [4.78, 5) is 15.9. The summed E-state index contributed by atoms with van der Waals surface area (Å²) in [7, 11) is 0. The number of rotatable bonds is 7. The average Bonchev–Trinajstić information content (AvgIpc) is 3.23. The van der Waals surface area contributed by atoms with Crippen molar-refractivity contribution in [2.75, 3.05) is 35.0 Å². The highest BCUT2D eigenvalue weighted by molar-refractivity contribution is 8.00. The van der Waals surface area contributed by atoms with Gasteiger partial charge in [0, 0.05) is 30.9 Å². The maximum absolute atomic E-state index is 14.2. The lowest BCUT2D eigenvalue weighted by atomic mass is 9.65. The zero-order valence-corrected chi connectivity index (χ0v) is 23.6. The molecule has 1 spiro atoms. The average molecular weight is 553 g/mol. The second-order valence-electron chi connectivity index (χ2n) is 10.6. The van der Waals surface area contributed by atoms with Crippen molar-refractivity contribution >= 4 is 34.9 Å². The Hall–Kier alpha value is -2.84. The third-order valence-electron chi connectivity index (χ3n) is 8.05. The summed E-state index contributed by atoms with van der Waals surface area (Å²) in [6.07, 6.45) is 14.0. The van der Waals surface area contributed by atoms with Gasteiger partial charge in [-0.2, -0.15) is 0 Å². The van der Waals surface area contributed by atoms with Gasteiger partial charge in [0.05, 0.1) is 21.7 Å². The second kappa shape index (κ2) is 12.1. The Labute approximate surface area is 234 Å². The summed E-state index contributed by atoms with van der Waals surface area (Å²) in [5, 5.41) is 6.92. The molecule has 208 valence electrons. The predicted molar refractivity (Wildman–Crippen MR) is 157 cm³/mol. The topological polar surface area (TPSA) is 56.4 Å². The third-order valence-corrected chi connectivity index (χ3v) is 8.94. The number of carbonyl (C=O) groups excluding carboxylic acids is 1. The Morgan fingerprint density at radius 2 is 1.97 bits per heavy atom. The molecule has 5 nitrogen and oxygen atoms in total. The van der Waals surface area contributed by atoms with Gasteiger partial charge in [-0.3, -0.25) is 9.69 Å². The maximum atomic E-state index is 14.2. The highest BCUT2D eigenvalue weighted by Crippen LogP contribution is 2.54. The number of anilines is 3. The van der Waals surface area contributed by atoms with Crippen LogP contribution < -0.4 is 15.4 Å². The van der Waals surface area contributed by atoms with Crippen LogP contribution in [0.5, 0.6) is 0 Å². The molecule has 2 aromatic rings. The molecule has 6 rings (SSSR count). The van der Waals surface area contributed by atoms with Gasteiger partial charge in [-0.05, 0) is 92.4 Å². The van der Waals surface area contributed by atoms with Crippen LogP contribution in [0, 0.1) is 11.6 Å². The Morgan fingerprint density at radius 1 is 1.13 bits per heavy atom. The number of halogens is 2. The Kier molecular flexibility index (Phi) is 8.62. The normalized spacial score (nSPS) is 21.3. The molecule has 2 aliphatic heterocycles. The number of hydrogen-bond acceptors (Lipinski definition) is 5. The Balaban J connectivity index is 0.00000151. The van der Waals surface area contributed by atoms with Crippen LogP contribution >= 0.6 is 11.9 Å². The number of fused-ring (bicyclic) bond motifs is 2. The van der Waals surface area contributed by atoms with Gasteiger partial charge in [0.2, 0.25) is 5.91 Å². The molecule has 39 heavy (non-hydrogen) atoms.